The predicted molar refractivity (Wildman–Crippen MR) is 67.7 cm³/mol. The fourth-order valence-electron chi connectivity index (χ4n) is 0.982. The van der Waals surface area contributed by atoms with E-state index in [1.54, 1.807) is 0 Å². The molecule has 0 saturated heterocycles. The molecule has 0 fully saturated rings. The fraction of sp³-hybridized carbons (Fsp3) is 0.900. The monoisotopic (exact) mass is 265 g/mol. The van der Waals surface area contributed by atoms with Crippen molar-refractivity contribution in [3.05, 3.63) is 0 Å². The van der Waals surface area contributed by atoms with Crippen molar-refractivity contribution in [1.82, 2.24) is 13.9 Å². The number of nitrogens with one attached hydrogen (secondary N) is 1. The highest BCUT2D eigenvalue weighted by atomic mass is 32.2. The van der Waals surface area contributed by atoms with Crippen LogP contribution in [0.25, 0.3) is 0 Å². The van der Waals surface area contributed by atoms with E-state index in [1.807, 2.05) is 20.8 Å². The molecule has 1 amide bonds. The van der Waals surface area contributed by atoms with E-state index in [4.69, 9.17) is 0 Å². The highest BCUT2D eigenvalue weighted by Crippen LogP contribution is 2.10. The molecule has 0 rings (SSSR count). The number of amides is 1. The molecule has 0 bridgehead atoms. The third kappa shape index (κ3) is 5.99. The minimum absolute atomic E-state index is 0.0192. The number of rotatable bonds is 5. The molecule has 7 heteroatoms. The summed E-state index contributed by atoms with van der Waals surface area (Å²) in [4.78, 5) is 11.5. The number of likely N-dealkylation sites (N-methyl/N-ethyl adjacent to an activating group) is 1. The van der Waals surface area contributed by atoms with Gasteiger partial charge in [-0.1, -0.05) is 20.8 Å². The lowest BCUT2D eigenvalue weighted by Gasteiger charge is -2.22. The Morgan fingerprint density at radius 2 is 1.65 bits per heavy atom. The van der Waals surface area contributed by atoms with Gasteiger partial charge < -0.3 is 5.32 Å². The van der Waals surface area contributed by atoms with Crippen LogP contribution in [-0.4, -0.2) is 57.2 Å². The molecule has 0 radical (unpaired) electrons. The van der Waals surface area contributed by atoms with Crippen molar-refractivity contribution in [2.24, 2.45) is 5.41 Å². The molecule has 1 N–H and O–H groups in total. The zero-order valence-electron chi connectivity index (χ0n) is 11.4. The minimum atomic E-state index is -3.52. The van der Waals surface area contributed by atoms with Crippen molar-refractivity contribution in [2.75, 3.05) is 34.2 Å². The first kappa shape index (κ1) is 16.3. The highest BCUT2D eigenvalue weighted by molar-refractivity contribution is 7.86. The van der Waals surface area contributed by atoms with Gasteiger partial charge in [-0.3, -0.25) is 4.79 Å². The number of carbonyl (C=O) groups is 1. The van der Waals surface area contributed by atoms with Gasteiger partial charge in [-0.2, -0.15) is 17.0 Å². The first-order chi connectivity index (χ1) is 7.47. The molecule has 0 aliphatic heterocycles. The van der Waals surface area contributed by atoms with Crippen molar-refractivity contribution in [1.29, 1.82) is 0 Å². The molecule has 0 unspecified atom stereocenters. The summed E-state index contributed by atoms with van der Waals surface area (Å²) in [6.45, 7) is 6.33. The Kier molecular flexibility index (Phi) is 5.57. The molecule has 0 aromatic heterocycles. The first-order valence-corrected chi connectivity index (χ1v) is 6.77. The predicted octanol–water partition coefficient (Wildman–Crippen LogP) is -0.113. The van der Waals surface area contributed by atoms with E-state index in [0.29, 0.717) is 6.54 Å². The maximum atomic E-state index is 11.6. The molecule has 0 aromatic rings. The molecule has 0 aliphatic carbocycles. The lowest BCUT2D eigenvalue weighted by molar-refractivity contribution is -0.121. The Morgan fingerprint density at radius 3 is 2.00 bits per heavy atom. The van der Waals surface area contributed by atoms with Crippen LogP contribution in [0.5, 0.6) is 0 Å². The Morgan fingerprint density at radius 1 is 1.18 bits per heavy atom. The van der Waals surface area contributed by atoms with E-state index in [-0.39, 0.29) is 17.9 Å². The van der Waals surface area contributed by atoms with Crippen LogP contribution >= 0.6 is 0 Å². The van der Waals surface area contributed by atoms with Gasteiger partial charge >= 0.3 is 0 Å². The molecular formula is C10H23N3O3S. The third-order valence-electron chi connectivity index (χ3n) is 2.04. The lowest BCUT2D eigenvalue weighted by Crippen LogP contribution is -2.44. The van der Waals surface area contributed by atoms with Crippen LogP contribution in [0.1, 0.15) is 20.8 Å². The molecule has 0 saturated carbocycles. The molecule has 17 heavy (non-hydrogen) atoms. The zero-order valence-corrected chi connectivity index (χ0v) is 12.3. The van der Waals surface area contributed by atoms with E-state index in [9.17, 15) is 13.2 Å². The number of nitrogens with zero attached hydrogens (tertiary/aromatic N) is 2. The summed E-state index contributed by atoms with van der Waals surface area (Å²) in [6, 6.07) is 0. The average Bonchev–Trinajstić information content (AvgIpc) is 2.13. The molecule has 0 heterocycles. The number of carbonyl (C=O) groups excluding carboxylic acids is 1. The Balaban J connectivity index is 4.32. The van der Waals surface area contributed by atoms with E-state index in [0.717, 1.165) is 8.61 Å². The SMILES string of the molecule is CN(C)S(=O)(=O)N(C)CC(=O)NCC(C)(C)C. The topological polar surface area (TPSA) is 69.7 Å². The van der Waals surface area contributed by atoms with Gasteiger partial charge in [0.05, 0.1) is 6.54 Å². The van der Waals surface area contributed by atoms with Gasteiger partial charge in [0.2, 0.25) is 5.91 Å². The van der Waals surface area contributed by atoms with Gasteiger partial charge in [0, 0.05) is 27.7 Å². The van der Waals surface area contributed by atoms with Gasteiger partial charge in [0.25, 0.3) is 10.2 Å². The summed E-state index contributed by atoms with van der Waals surface area (Å²) in [5.74, 6) is -0.298. The molecule has 0 aliphatic rings. The molecule has 0 spiro atoms. The van der Waals surface area contributed by atoms with Crippen LogP contribution in [0.3, 0.4) is 0 Å². The van der Waals surface area contributed by atoms with E-state index < -0.39 is 10.2 Å². The van der Waals surface area contributed by atoms with E-state index >= 15 is 0 Å². The number of hydrogen-bond acceptors (Lipinski definition) is 3. The summed E-state index contributed by atoms with van der Waals surface area (Å²) < 4.78 is 25.4. The third-order valence-corrected chi connectivity index (χ3v) is 3.88. The Bertz CT molecular complexity index is 357. The van der Waals surface area contributed by atoms with Gasteiger partial charge in [-0.25, -0.2) is 0 Å². The summed E-state index contributed by atoms with van der Waals surface area (Å²) in [7, 11) is 0.720. The summed E-state index contributed by atoms with van der Waals surface area (Å²) in [5, 5.41) is 2.70. The van der Waals surface area contributed by atoms with E-state index in [2.05, 4.69) is 5.32 Å². The highest BCUT2D eigenvalue weighted by Gasteiger charge is 2.23. The molecule has 102 valence electrons. The van der Waals surface area contributed by atoms with Crippen LogP contribution in [-0.2, 0) is 15.0 Å². The summed E-state index contributed by atoms with van der Waals surface area (Å²) >= 11 is 0. The van der Waals surface area contributed by atoms with Crippen molar-refractivity contribution in [3.63, 3.8) is 0 Å². The second kappa shape index (κ2) is 5.79. The van der Waals surface area contributed by atoms with Gasteiger partial charge in [-0.05, 0) is 5.41 Å². The fourth-order valence-corrected chi connectivity index (χ4v) is 1.82. The largest absolute Gasteiger partial charge is 0.354 e. The zero-order chi connectivity index (χ0) is 13.9. The standard InChI is InChI=1S/C10H23N3O3S/c1-10(2,3)8-11-9(14)7-13(6)17(15,16)12(4)5/h7-8H2,1-6H3,(H,11,14). The van der Waals surface area contributed by atoms with Gasteiger partial charge in [0.15, 0.2) is 0 Å². The second-order valence-corrected chi connectivity index (χ2v) is 7.63. The molecule has 0 atom stereocenters. The summed E-state index contributed by atoms with van der Waals surface area (Å²) in [5.41, 5.74) is -0.0192. The van der Waals surface area contributed by atoms with Crippen molar-refractivity contribution in [3.8, 4) is 0 Å². The average molecular weight is 265 g/mol. The van der Waals surface area contributed by atoms with Crippen molar-refractivity contribution >= 4 is 16.1 Å². The maximum absolute atomic E-state index is 11.6. The lowest BCUT2D eigenvalue weighted by atomic mass is 9.97. The van der Waals surface area contributed by atoms with Crippen molar-refractivity contribution < 1.29 is 13.2 Å². The first-order valence-electron chi connectivity index (χ1n) is 5.37. The van der Waals surface area contributed by atoms with Crippen LogP contribution in [0.2, 0.25) is 0 Å². The molecular weight excluding hydrogens is 242 g/mol. The van der Waals surface area contributed by atoms with Crippen molar-refractivity contribution in [2.45, 2.75) is 20.8 Å². The molecule has 0 aromatic carbocycles. The van der Waals surface area contributed by atoms with E-state index in [1.165, 1.54) is 21.1 Å². The normalized spacial score (nSPS) is 13.2. The molecule has 6 nitrogen and oxygen atoms in total. The van der Waals surface area contributed by atoms with Gasteiger partial charge in [0.1, 0.15) is 0 Å². The van der Waals surface area contributed by atoms with Crippen LogP contribution in [0, 0.1) is 5.41 Å². The smallest absolute Gasteiger partial charge is 0.281 e. The van der Waals surface area contributed by atoms with Crippen LogP contribution in [0.15, 0.2) is 0 Å². The number of hydrogen-bond donors (Lipinski definition) is 1. The maximum Gasteiger partial charge on any atom is 0.281 e. The van der Waals surface area contributed by atoms with Crippen LogP contribution in [0.4, 0.5) is 0 Å². The quantitative estimate of drug-likeness (QED) is 0.754. The summed E-state index contributed by atoms with van der Waals surface area (Å²) in [6.07, 6.45) is 0. The minimum Gasteiger partial charge on any atom is -0.354 e. The second-order valence-electron chi connectivity index (χ2n) is 5.38. The Hall–Kier alpha value is -0.660. The van der Waals surface area contributed by atoms with Crippen LogP contribution < -0.4 is 5.32 Å². The Labute approximate surface area is 104 Å². The van der Waals surface area contributed by atoms with Gasteiger partial charge in [-0.15, -0.1) is 0 Å².